The fourth-order valence-corrected chi connectivity index (χ4v) is 4.55. The van der Waals surface area contributed by atoms with E-state index in [2.05, 4.69) is 15.3 Å². The zero-order chi connectivity index (χ0) is 28.1. The highest BCUT2D eigenvalue weighted by Crippen LogP contribution is 2.29. The number of carboxylic acid groups (broad SMARTS) is 2. The van der Waals surface area contributed by atoms with Gasteiger partial charge in [0.05, 0.1) is 16.2 Å². The second-order valence-corrected chi connectivity index (χ2v) is 8.98. The third-order valence-corrected chi connectivity index (χ3v) is 6.61. The van der Waals surface area contributed by atoms with Crippen LogP contribution in [0.4, 0.5) is 0 Å². The topological polar surface area (TPSA) is 195 Å². The summed E-state index contributed by atoms with van der Waals surface area (Å²) in [6.07, 6.45) is 4.65. The number of hydrogen-bond acceptors (Lipinski definition) is 6. The summed E-state index contributed by atoms with van der Waals surface area (Å²) in [5.74, 6) is -2.42. The molecule has 200 valence electrons. The molecule has 3 heterocycles. The van der Waals surface area contributed by atoms with E-state index in [0.717, 1.165) is 22.8 Å². The van der Waals surface area contributed by atoms with Crippen LogP contribution in [0.3, 0.4) is 0 Å². The molecule has 3 rings (SSSR count). The number of aldehydes is 1. The van der Waals surface area contributed by atoms with Crippen molar-refractivity contribution in [3.8, 4) is 0 Å². The number of nitro groups is 1. The molecule has 0 aromatic carbocycles. The molecule has 0 unspecified atom stereocenters. The lowest BCUT2D eigenvalue weighted by atomic mass is 9.98. The molecule has 0 radical (unpaired) electrons. The summed E-state index contributed by atoms with van der Waals surface area (Å²) in [4.78, 5) is 62.8. The van der Waals surface area contributed by atoms with Crippen molar-refractivity contribution in [1.29, 1.82) is 0 Å². The van der Waals surface area contributed by atoms with Gasteiger partial charge in [0, 0.05) is 48.1 Å². The van der Waals surface area contributed by atoms with E-state index in [9.17, 15) is 34.4 Å². The second-order valence-electron chi connectivity index (χ2n) is 8.98. The quantitative estimate of drug-likeness (QED) is 0.159. The van der Waals surface area contributed by atoms with Crippen LogP contribution in [-0.2, 0) is 33.6 Å². The first-order valence-electron chi connectivity index (χ1n) is 11.8. The molecule has 38 heavy (non-hydrogen) atoms. The summed E-state index contributed by atoms with van der Waals surface area (Å²) in [6.45, 7) is 5.21. The number of H-pyrrole nitrogens is 2. The predicted molar refractivity (Wildman–Crippen MR) is 136 cm³/mol. The molecule has 2 aromatic rings. The number of hydrogen-bond donors (Lipinski definition) is 5. The van der Waals surface area contributed by atoms with Crippen molar-refractivity contribution in [2.45, 2.75) is 52.9 Å². The van der Waals surface area contributed by atoms with Gasteiger partial charge in [-0.3, -0.25) is 29.3 Å². The van der Waals surface area contributed by atoms with Crippen molar-refractivity contribution >= 4 is 30.2 Å². The van der Waals surface area contributed by atoms with E-state index in [1.54, 1.807) is 19.9 Å². The Bertz CT molecular complexity index is 1420. The largest absolute Gasteiger partial charge is 0.481 e. The lowest BCUT2D eigenvalue weighted by Gasteiger charge is -2.07. The molecule has 12 nitrogen and oxygen atoms in total. The van der Waals surface area contributed by atoms with Crippen molar-refractivity contribution in [3.05, 3.63) is 84.3 Å². The molecule has 0 saturated heterocycles. The number of carbonyl (C=O) groups is 4. The third-order valence-electron chi connectivity index (χ3n) is 6.61. The normalized spacial score (nSPS) is 14.5. The lowest BCUT2D eigenvalue weighted by molar-refractivity contribution is -0.402. The third kappa shape index (κ3) is 6.14. The number of allylic oxidation sites excluding steroid dienone is 1. The number of aromatic amines is 2. The number of rotatable bonds is 12. The van der Waals surface area contributed by atoms with Crippen molar-refractivity contribution in [1.82, 2.24) is 15.3 Å². The Morgan fingerprint density at radius 3 is 1.97 bits per heavy atom. The Morgan fingerprint density at radius 1 is 0.947 bits per heavy atom. The number of nitrogens with zero attached hydrogens (tertiary/aromatic N) is 1. The van der Waals surface area contributed by atoms with Crippen LogP contribution >= 0.6 is 0 Å². The lowest BCUT2D eigenvalue weighted by Crippen LogP contribution is -2.15. The van der Waals surface area contributed by atoms with Crippen LogP contribution < -0.4 is 5.32 Å². The average molecular weight is 525 g/mol. The number of nitrogens with one attached hydrogen (secondary N) is 3. The van der Waals surface area contributed by atoms with Crippen LogP contribution in [-0.4, -0.2) is 49.2 Å². The molecule has 0 atom stereocenters. The summed E-state index contributed by atoms with van der Waals surface area (Å²) < 4.78 is 0. The first-order valence-corrected chi connectivity index (χ1v) is 11.8. The van der Waals surface area contributed by atoms with Crippen molar-refractivity contribution in [2.24, 2.45) is 0 Å². The Morgan fingerprint density at radius 2 is 1.47 bits per heavy atom. The summed E-state index contributed by atoms with van der Waals surface area (Å²) in [5.41, 5.74) is 6.32. The molecule has 0 spiro atoms. The molecular formula is C26H28N4O8. The van der Waals surface area contributed by atoms with Gasteiger partial charge in [-0.05, 0) is 67.5 Å². The molecule has 12 heteroatoms. The standard InChI is InChI=1S/C26H28N4O8/c1-13-16(4-6-24(32)33)21(11-22-17(5-7-25(34)35)14(2)23(12-31)28-22)27-19(13)10-20-15(3)18(26(36)29-20)8-9-30(37)38/h8-10,12,27-28H,4-7,11H2,1-3H3,(H,29,36)(H,32,33)(H,34,35)/b9-8+,20-10-. The molecule has 5 N–H and O–H groups in total. The maximum atomic E-state index is 12.3. The Balaban J connectivity index is 2.06. The molecule has 0 fully saturated rings. The van der Waals surface area contributed by atoms with Gasteiger partial charge in [0.25, 0.3) is 5.91 Å². The predicted octanol–water partition coefficient (Wildman–Crippen LogP) is 2.97. The Labute approximate surface area is 217 Å². The minimum Gasteiger partial charge on any atom is -0.481 e. The first-order chi connectivity index (χ1) is 17.9. The summed E-state index contributed by atoms with van der Waals surface area (Å²) >= 11 is 0. The molecule has 1 aliphatic heterocycles. The number of aliphatic carboxylic acids is 2. The van der Waals surface area contributed by atoms with Crippen molar-refractivity contribution in [2.75, 3.05) is 0 Å². The van der Waals surface area contributed by atoms with E-state index in [1.165, 1.54) is 0 Å². The van der Waals surface area contributed by atoms with Gasteiger partial charge in [-0.15, -0.1) is 0 Å². The maximum Gasteiger partial charge on any atom is 0.303 e. The fraction of sp³-hybridized carbons (Fsp3) is 0.308. The van der Waals surface area contributed by atoms with E-state index in [1.807, 2.05) is 6.92 Å². The van der Waals surface area contributed by atoms with Gasteiger partial charge in [-0.1, -0.05) is 0 Å². The van der Waals surface area contributed by atoms with E-state index in [0.29, 0.717) is 52.1 Å². The number of carboxylic acids is 2. The minimum atomic E-state index is -0.971. The van der Waals surface area contributed by atoms with Gasteiger partial charge in [0.1, 0.15) is 0 Å². The van der Waals surface area contributed by atoms with Gasteiger partial charge in [-0.2, -0.15) is 0 Å². The van der Waals surface area contributed by atoms with Gasteiger partial charge in [-0.25, -0.2) is 0 Å². The highest BCUT2D eigenvalue weighted by Gasteiger charge is 2.25. The summed E-state index contributed by atoms with van der Waals surface area (Å²) in [7, 11) is 0. The molecular weight excluding hydrogens is 496 g/mol. The second kappa shape index (κ2) is 11.5. The van der Waals surface area contributed by atoms with Crippen LogP contribution in [0.1, 0.15) is 69.6 Å². The van der Waals surface area contributed by atoms with Crippen molar-refractivity contribution < 1.29 is 34.3 Å². The fourth-order valence-electron chi connectivity index (χ4n) is 4.55. The Kier molecular flexibility index (Phi) is 8.46. The van der Waals surface area contributed by atoms with Crippen LogP contribution in [0.15, 0.2) is 29.1 Å². The molecule has 1 aliphatic rings. The zero-order valence-electron chi connectivity index (χ0n) is 21.1. The van der Waals surface area contributed by atoms with Crippen LogP contribution in [0.25, 0.3) is 6.08 Å². The van der Waals surface area contributed by atoms with E-state index in [4.69, 9.17) is 5.11 Å². The van der Waals surface area contributed by atoms with Gasteiger partial charge < -0.3 is 25.5 Å². The molecule has 1 amide bonds. The zero-order valence-corrected chi connectivity index (χ0v) is 21.1. The SMILES string of the molecule is CC1=C(/C=C/[N+](=O)[O-])C(=O)N/C1=C\c1[nH]c(Cc2[nH]c(C=O)c(C)c2CCC(=O)O)c(CCC(=O)O)c1C. The summed E-state index contributed by atoms with van der Waals surface area (Å²) in [5, 5.41) is 31.8. The van der Waals surface area contributed by atoms with Crippen LogP contribution in [0.2, 0.25) is 0 Å². The van der Waals surface area contributed by atoms with E-state index in [-0.39, 0.29) is 37.7 Å². The molecule has 0 bridgehead atoms. The van der Waals surface area contributed by atoms with Crippen LogP contribution in [0.5, 0.6) is 0 Å². The highest BCUT2D eigenvalue weighted by atomic mass is 16.6. The first kappa shape index (κ1) is 27.8. The maximum absolute atomic E-state index is 12.3. The van der Waals surface area contributed by atoms with Gasteiger partial charge >= 0.3 is 11.9 Å². The highest BCUT2D eigenvalue weighted by molar-refractivity contribution is 6.03. The van der Waals surface area contributed by atoms with Gasteiger partial charge in [0.15, 0.2) is 6.29 Å². The van der Waals surface area contributed by atoms with E-state index < -0.39 is 22.8 Å². The van der Waals surface area contributed by atoms with Crippen molar-refractivity contribution in [3.63, 3.8) is 0 Å². The van der Waals surface area contributed by atoms with Crippen LogP contribution in [0, 0.1) is 24.0 Å². The van der Waals surface area contributed by atoms with Gasteiger partial charge in [0.2, 0.25) is 6.20 Å². The Hall–Kier alpha value is -4.74. The monoisotopic (exact) mass is 524 g/mol. The average Bonchev–Trinajstić information content (AvgIpc) is 3.40. The molecule has 2 aromatic heterocycles. The minimum absolute atomic E-state index is 0.116. The molecule has 0 saturated carbocycles. The summed E-state index contributed by atoms with van der Waals surface area (Å²) in [6, 6.07) is 0. The number of aromatic nitrogens is 2. The molecule has 0 aliphatic carbocycles. The number of amides is 1. The smallest absolute Gasteiger partial charge is 0.303 e. The van der Waals surface area contributed by atoms with E-state index >= 15 is 0 Å². The number of carbonyl (C=O) groups excluding carboxylic acids is 2.